The Balaban J connectivity index is 2.14. The molecule has 2 heterocycles. The second kappa shape index (κ2) is 9.77. The number of amides is 1. The zero-order valence-electron chi connectivity index (χ0n) is 16.9. The normalized spacial score (nSPS) is 11.1. The fraction of sp³-hybridized carbons (Fsp3) is 0.273. The van der Waals surface area contributed by atoms with Crippen molar-refractivity contribution in [2.45, 2.75) is 49.7 Å². The van der Waals surface area contributed by atoms with Gasteiger partial charge in [-0.3, -0.25) is 4.98 Å². The van der Waals surface area contributed by atoms with E-state index >= 15 is 0 Å². The Bertz CT molecular complexity index is 1030. The van der Waals surface area contributed by atoms with Gasteiger partial charge >= 0.3 is 6.09 Å². The lowest BCUT2D eigenvalue weighted by atomic mass is 10.0. The van der Waals surface area contributed by atoms with Gasteiger partial charge in [-0.1, -0.05) is 48.8 Å². The molecule has 158 valence electrons. The molecule has 0 unspecified atom stereocenters. The quantitative estimate of drug-likeness (QED) is 0.414. The number of pyridine rings is 1. The molecule has 0 saturated heterocycles. The lowest BCUT2D eigenvalue weighted by molar-refractivity contribution is 0.194. The molecule has 2 N–H and O–H groups in total. The van der Waals surface area contributed by atoms with E-state index in [1.807, 2.05) is 31.2 Å². The van der Waals surface area contributed by atoms with Crippen LogP contribution in [-0.2, 0) is 13.1 Å². The van der Waals surface area contributed by atoms with E-state index in [0.29, 0.717) is 16.6 Å². The van der Waals surface area contributed by atoms with Crippen LogP contribution in [0, 0.1) is 6.92 Å². The number of hydrogen-bond acceptors (Lipinski definition) is 3. The van der Waals surface area contributed by atoms with Gasteiger partial charge in [-0.25, -0.2) is 4.79 Å². The van der Waals surface area contributed by atoms with E-state index in [1.54, 1.807) is 30.2 Å². The van der Waals surface area contributed by atoms with Gasteiger partial charge in [0.25, 0.3) is 0 Å². The molecule has 0 radical (unpaired) electrons. The molecule has 0 saturated carbocycles. The summed E-state index contributed by atoms with van der Waals surface area (Å²) >= 11 is 14.0. The first-order chi connectivity index (χ1) is 14.3. The summed E-state index contributed by atoms with van der Waals surface area (Å²) in [6.45, 7) is 7.16. The average Bonchev–Trinajstić information content (AvgIpc) is 2.92. The molecule has 0 fully saturated rings. The first-order valence-corrected chi connectivity index (χ1v) is 11.0. The molecular formula is C22H23Cl2N3O2S. The molecule has 0 aliphatic rings. The minimum Gasteiger partial charge on any atom is -0.465 e. The highest BCUT2D eigenvalue weighted by atomic mass is 35.5. The lowest BCUT2D eigenvalue weighted by Crippen LogP contribution is -2.21. The topological polar surface area (TPSA) is 67.2 Å². The van der Waals surface area contributed by atoms with Crippen molar-refractivity contribution in [2.24, 2.45) is 0 Å². The summed E-state index contributed by atoms with van der Waals surface area (Å²) in [7, 11) is 0. The third-order valence-corrected chi connectivity index (χ3v) is 6.32. The van der Waals surface area contributed by atoms with Gasteiger partial charge in [0.15, 0.2) is 0 Å². The zero-order valence-corrected chi connectivity index (χ0v) is 19.3. The van der Waals surface area contributed by atoms with Crippen LogP contribution in [0.5, 0.6) is 0 Å². The summed E-state index contributed by atoms with van der Waals surface area (Å²) in [5, 5.41) is 13.9. The Morgan fingerprint density at radius 1 is 1.20 bits per heavy atom. The number of halogens is 2. The zero-order chi connectivity index (χ0) is 21.8. The summed E-state index contributed by atoms with van der Waals surface area (Å²) in [5.41, 5.74) is 4.26. The highest BCUT2D eigenvalue weighted by Gasteiger charge is 2.24. The van der Waals surface area contributed by atoms with Gasteiger partial charge in [0.05, 0.1) is 5.03 Å². The maximum Gasteiger partial charge on any atom is 0.404 e. The van der Waals surface area contributed by atoms with Crippen LogP contribution in [0.1, 0.15) is 42.1 Å². The number of nitrogens with zero attached hydrogens (tertiary/aromatic N) is 2. The van der Waals surface area contributed by atoms with Crippen LogP contribution in [-0.4, -0.2) is 20.8 Å². The van der Waals surface area contributed by atoms with Crippen molar-refractivity contribution >= 4 is 41.1 Å². The molecule has 8 heteroatoms. The standard InChI is InChI=1S/C22H23Cl2N3O2S/c1-13(2)20-19(11-26-22(28)29)14(3)27(12-15-4-6-25-7-5-15)21(20)30-18-9-16(23)8-17(24)10-18/h4-10,13,26H,11-12H2,1-3H3,(H,28,29). The molecule has 3 aromatic rings. The van der Waals surface area contributed by atoms with E-state index < -0.39 is 6.09 Å². The maximum atomic E-state index is 11.2. The van der Waals surface area contributed by atoms with Crippen LogP contribution in [0.15, 0.2) is 52.6 Å². The largest absolute Gasteiger partial charge is 0.465 e. The van der Waals surface area contributed by atoms with Crippen LogP contribution in [0.4, 0.5) is 4.79 Å². The summed E-state index contributed by atoms with van der Waals surface area (Å²) in [5.74, 6) is 0.199. The highest BCUT2D eigenvalue weighted by molar-refractivity contribution is 7.99. The molecule has 5 nitrogen and oxygen atoms in total. The second-order valence-corrected chi connectivity index (χ2v) is 9.18. The minimum atomic E-state index is -1.04. The number of rotatable bonds is 7. The Morgan fingerprint density at radius 2 is 1.83 bits per heavy atom. The average molecular weight is 464 g/mol. The van der Waals surface area contributed by atoms with Crippen LogP contribution < -0.4 is 5.32 Å². The van der Waals surface area contributed by atoms with Gasteiger partial charge in [-0.2, -0.15) is 0 Å². The molecule has 30 heavy (non-hydrogen) atoms. The van der Waals surface area contributed by atoms with E-state index in [4.69, 9.17) is 28.3 Å². The van der Waals surface area contributed by atoms with Crippen molar-refractivity contribution in [3.05, 3.63) is 75.2 Å². The summed E-state index contributed by atoms with van der Waals surface area (Å²) < 4.78 is 2.23. The molecule has 1 aromatic carbocycles. The third-order valence-electron chi connectivity index (χ3n) is 4.78. The first kappa shape index (κ1) is 22.5. The molecule has 1 amide bonds. The lowest BCUT2D eigenvalue weighted by Gasteiger charge is -2.15. The van der Waals surface area contributed by atoms with Crippen LogP contribution in [0.3, 0.4) is 0 Å². The monoisotopic (exact) mass is 463 g/mol. The Morgan fingerprint density at radius 3 is 2.40 bits per heavy atom. The number of hydrogen-bond donors (Lipinski definition) is 2. The van der Waals surface area contributed by atoms with E-state index in [1.165, 1.54) is 0 Å². The second-order valence-electron chi connectivity index (χ2n) is 7.25. The van der Waals surface area contributed by atoms with Crippen LogP contribution >= 0.6 is 35.0 Å². The molecule has 3 rings (SSSR count). The van der Waals surface area contributed by atoms with Gasteiger partial charge in [0.1, 0.15) is 0 Å². The predicted octanol–water partition coefficient (Wildman–Crippen LogP) is 6.59. The smallest absolute Gasteiger partial charge is 0.404 e. The van der Waals surface area contributed by atoms with E-state index in [9.17, 15) is 4.79 Å². The predicted molar refractivity (Wildman–Crippen MR) is 122 cm³/mol. The fourth-order valence-corrected chi connectivity index (χ4v) is 5.47. The molecule has 0 aliphatic carbocycles. The Labute approximate surface area is 190 Å². The number of carbonyl (C=O) groups is 1. The van der Waals surface area contributed by atoms with Crippen molar-refractivity contribution in [2.75, 3.05) is 0 Å². The van der Waals surface area contributed by atoms with Crippen molar-refractivity contribution in [3.63, 3.8) is 0 Å². The molecular weight excluding hydrogens is 441 g/mol. The van der Waals surface area contributed by atoms with E-state index in [0.717, 1.165) is 32.3 Å². The number of benzene rings is 1. The summed E-state index contributed by atoms with van der Waals surface area (Å²) in [6, 6.07) is 9.44. The van der Waals surface area contributed by atoms with Crippen LogP contribution in [0.25, 0.3) is 0 Å². The minimum absolute atomic E-state index is 0.199. The molecule has 0 atom stereocenters. The molecule has 0 aliphatic heterocycles. The SMILES string of the molecule is Cc1c(CNC(=O)O)c(C(C)C)c(Sc2cc(Cl)cc(Cl)c2)n1Cc1ccncc1. The number of nitrogens with one attached hydrogen (secondary N) is 1. The molecule has 2 aromatic heterocycles. The van der Waals surface area contributed by atoms with Crippen LogP contribution in [0.2, 0.25) is 10.0 Å². The number of carboxylic acid groups (broad SMARTS) is 1. The van der Waals surface area contributed by atoms with Crippen molar-refractivity contribution in [1.29, 1.82) is 0 Å². The Hall–Kier alpha value is -2.15. The third kappa shape index (κ3) is 5.31. The van der Waals surface area contributed by atoms with Crippen molar-refractivity contribution < 1.29 is 9.90 Å². The van der Waals surface area contributed by atoms with Gasteiger partial charge in [-0.15, -0.1) is 0 Å². The summed E-state index contributed by atoms with van der Waals surface area (Å²) in [4.78, 5) is 16.2. The molecule has 0 spiro atoms. The van der Waals surface area contributed by atoms with Gasteiger partial charge < -0.3 is 15.0 Å². The van der Waals surface area contributed by atoms with Gasteiger partial charge in [-0.05, 0) is 59.9 Å². The molecule has 0 bridgehead atoms. The highest BCUT2D eigenvalue weighted by Crippen LogP contribution is 2.41. The van der Waals surface area contributed by atoms with Gasteiger partial charge in [0.2, 0.25) is 0 Å². The van der Waals surface area contributed by atoms with Gasteiger partial charge in [0, 0.05) is 46.1 Å². The van der Waals surface area contributed by atoms with E-state index in [2.05, 4.69) is 28.7 Å². The maximum absolute atomic E-state index is 11.2. The summed E-state index contributed by atoms with van der Waals surface area (Å²) in [6.07, 6.45) is 2.50. The number of aromatic nitrogens is 2. The Kier molecular flexibility index (Phi) is 7.34. The first-order valence-electron chi connectivity index (χ1n) is 9.47. The van der Waals surface area contributed by atoms with Crippen molar-refractivity contribution in [3.8, 4) is 0 Å². The van der Waals surface area contributed by atoms with E-state index in [-0.39, 0.29) is 12.5 Å². The van der Waals surface area contributed by atoms with Crippen molar-refractivity contribution in [1.82, 2.24) is 14.9 Å². The fourth-order valence-electron chi connectivity index (χ4n) is 3.44.